The first kappa shape index (κ1) is 19.8. The summed E-state index contributed by atoms with van der Waals surface area (Å²) in [6.45, 7) is 1.97. The van der Waals surface area contributed by atoms with Crippen molar-refractivity contribution in [2.24, 2.45) is 0 Å². The second-order valence-electron chi connectivity index (χ2n) is 6.42. The third kappa shape index (κ3) is 4.65. The number of amides is 1. The highest BCUT2D eigenvalue weighted by molar-refractivity contribution is 6.05. The predicted molar refractivity (Wildman–Crippen MR) is 102 cm³/mol. The van der Waals surface area contributed by atoms with Crippen LogP contribution in [0, 0.1) is 5.82 Å². The maximum absolute atomic E-state index is 13.8. The van der Waals surface area contributed by atoms with E-state index in [1.165, 1.54) is 24.3 Å². The Balaban J connectivity index is 1.78. The lowest BCUT2D eigenvalue weighted by atomic mass is 10.1. The molecule has 28 heavy (non-hydrogen) atoms. The van der Waals surface area contributed by atoms with Crippen LogP contribution in [-0.4, -0.2) is 56.5 Å². The van der Waals surface area contributed by atoms with Crippen LogP contribution in [0.1, 0.15) is 20.7 Å². The molecule has 1 aliphatic heterocycles. The number of hydrogen-bond donors (Lipinski definition) is 2. The zero-order valence-corrected chi connectivity index (χ0v) is 15.4. The van der Waals surface area contributed by atoms with Crippen LogP contribution < -0.4 is 10.2 Å². The number of benzene rings is 2. The number of carboxylic acid groups (broad SMARTS) is 1. The van der Waals surface area contributed by atoms with E-state index in [1.807, 2.05) is 0 Å². The van der Waals surface area contributed by atoms with Gasteiger partial charge >= 0.3 is 5.97 Å². The average Bonchev–Trinajstić information content (AvgIpc) is 2.69. The lowest BCUT2D eigenvalue weighted by Gasteiger charge is -2.29. The monoisotopic (exact) mass is 388 g/mol. The standard InChI is InChI=1S/C20H21FN2O5/c1-23(11-14-12-27-8-9-28-14)18-7-6-13(10-16(18)20(25)26)22-19(24)15-4-2-3-5-17(15)21/h2-7,10,14H,8-9,11-12H2,1H3,(H,22,24)(H,25,26). The van der Waals surface area contributed by atoms with Crippen LogP contribution in [0.15, 0.2) is 42.5 Å². The molecular formula is C20H21FN2O5. The highest BCUT2D eigenvalue weighted by atomic mass is 19.1. The number of rotatable bonds is 6. The minimum Gasteiger partial charge on any atom is -0.478 e. The van der Waals surface area contributed by atoms with Crippen molar-refractivity contribution in [1.29, 1.82) is 0 Å². The summed E-state index contributed by atoms with van der Waals surface area (Å²) in [5.74, 6) is -2.43. The largest absolute Gasteiger partial charge is 0.478 e. The maximum atomic E-state index is 13.8. The van der Waals surface area contributed by atoms with Crippen LogP contribution in [0.2, 0.25) is 0 Å². The zero-order chi connectivity index (χ0) is 20.1. The van der Waals surface area contributed by atoms with E-state index in [2.05, 4.69) is 5.32 Å². The number of carboxylic acids is 1. The van der Waals surface area contributed by atoms with Crippen molar-refractivity contribution in [3.63, 3.8) is 0 Å². The van der Waals surface area contributed by atoms with Crippen molar-refractivity contribution in [1.82, 2.24) is 0 Å². The molecule has 0 bridgehead atoms. The van der Waals surface area contributed by atoms with E-state index >= 15 is 0 Å². The Labute approximate surface area is 161 Å². The van der Waals surface area contributed by atoms with Gasteiger partial charge in [-0.25, -0.2) is 9.18 Å². The van der Waals surface area contributed by atoms with Crippen LogP contribution in [0.25, 0.3) is 0 Å². The molecule has 1 heterocycles. The number of hydrogen-bond acceptors (Lipinski definition) is 5. The van der Waals surface area contributed by atoms with E-state index < -0.39 is 17.7 Å². The minimum atomic E-state index is -1.13. The quantitative estimate of drug-likeness (QED) is 0.791. The van der Waals surface area contributed by atoms with E-state index in [0.717, 1.165) is 0 Å². The number of nitrogens with one attached hydrogen (secondary N) is 1. The highest BCUT2D eigenvalue weighted by Gasteiger charge is 2.21. The number of carbonyl (C=O) groups excluding carboxylic acids is 1. The number of likely N-dealkylation sites (N-methyl/N-ethyl adjacent to an activating group) is 1. The molecule has 148 valence electrons. The van der Waals surface area contributed by atoms with Crippen molar-refractivity contribution in [3.05, 3.63) is 59.4 Å². The molecule has 2 aromatic rings. The van der Waals surface area contributed by atoms with Gasteiger partial charge in [0.15, 0.2) is 0 Å². The molecule has 0 aliphatic carbocycles. The molecule has 1 aliphatic rings. The van der Waals surface area contributed by atoms with Crippen molar-refractivity contribution in [3.8, 4) is 0 Å². The molecule has 0 spiro atoms. The molecule has 3 rings (SSSR count). The summed E-state index contributed by atoms with van der Waals surface area (Å²) in [5, 5.41) is 12.1. The molecule has 1 amide bonds. The van der Waals surface area contributed by atoms with Gasteiger partial charge in [0.1, 0.15) is 5.82 Å². The molecule has 7 nitrogen and oxygen atoms in total. The molecule has 2 aromatic carbocycles. The smallest absolute Gasteiger partial charge is 0.337 e. The lowest BCUT2D eigenvalue weighted by Crippen LogP contribution is -2.38. The summed E-state index contributed by atoms with van der Waals surface area (Å²) < 4.78 is 24.7. The molecule has 1 saturated heterocycles. The Hall–Kier alpha value is -2.97. The molecule has 1 fully saturated rings. The molecule has 0 saturated carbocycles. The Morgan fingerprint density at radius 2 is 2.00 bits per heavy atom. The van der Waals surface area contributed by atoms with E-state index in [4.69, 9.17) is 9.47 Å². The van der Waals surface area contributed by atoms with Gasteiger partial charge < -0.3 is 24.8 Å². The number of carbonyl (C=O) groups is 2. The van der Waals surface area contributed by atoms with Gasteiger partial charge in [0.25, 0.3) is 5.91 Å². The molecule has 2 N–H and O–H groups in total. The molecule has 8 heteroatoms. The molecular weight excluding hydrogens is 367 g/mol. The fraction of sp³-hybridized carbons (Fsp3) is 0.300. The normalized spacial score (nSPS) is 16.4. The lowest BCUT2D eigenvalue weighted by molar-refractivity contribution is -0.0837. The highest BCUT2D eigenvalue weighted by Crippen LogP contribution is 2.25. The first-order chi connectivity index (χ1) is 13.5. The Kier molecular flexibility index (Phi) is 6.23. The summed E-state index contributed by atoms with van der Waals surface area (Å²) in [5.41, 5.74) is 0.645. The Morgan fingerprint density at radius 3 is 2.68 bits per heavy atom. The van der Waals surface area contributed by atoms with E-state index in [0.29, 0.717) is 32.1 Å². The van der Waals surface area contributed by atoms with Crippen molar-refractivity contribution >= 4 is 23.3 Å². The van der Waals surface area contributed by atoms with Crippen molar-refractivity contribution < 1.29 is 28.6 Å². The summed E-state index contributed by atoms with van der Waals surface area (Å²) in [4.78, 5) is 25.8. The first-order valence-electron chi connectivity index (χ1n) is 8.79. The number of anilines is 2. The van der Waals surface area contributed by atoms with Gasteiger partial charge in [-0.1, -0.05) is 12.1 Å². The Bertz CT molecular complexity index is 867. The second kappa shape index (κ2) is 8.81. The van der Waals surface area contributed by atoms with Gasteiger partial charge in [-0.3, -0.25) is 4.79 Å². The van der Waals surface area contributed by atoms with Gasteiger partial charge in [-0.2, -0.15) is 0 Å². The Morgan fingerprint density at radius 1 is 1.21 bits per heavy atom. The topological polar surface area (TPSA) is 88.1 Å². The SMILES string of the molecule is CN(CC1COCCO1)c1ccc(NC(=O)c2ccccc2F)cc1C(=O)O. The van der Waals surface area contributed by atoms with E-state index in [1.54, 1.807) is 30.1 Å². The van der Waals surface area contributed by atoms with Crippen LogP contribution >= 0.6 is 0 Å². The van der Waals surface area contributed by atoms with Crippen LogP contribution in [0.3, 0.4) is 0 Å². The average molecular weight is 388 g/mol. The number of nitrogens with zero attached hydrogens (tertiary/aromatic N) is 1. The van der Waals surface area contributed by atoms with Gasteiger partial charge in [-0.05, 0) is 30.3 Å². The third-order valence-electron chi connectivity index (χ3n) is 4.38. The molecule has 0 radical (unpaired) electrons. The van der Waals surface area contributed by atoms with Crippen molar-refractivity contribution in [2.75, 3.05) is 43.6 Å². The van der Waals surface area contributed by atoms with Crippen molar-refractivity contribution in [2.45, 2.75) is 6.10 Å². The zero-order valence-electron chi connectivity index (χ0n) is 15.4. The van der Waals surface area contributed by atoms with E-state index in [-0.39, 0.29) is 22.9 Å². The number of aromatic carboxylic acids is 1. The van der Waals surface area contributed by atoms with Gasteiger partial charge in [0.2, 0.25) is 0 Å². The second-order valence-corrected chi connectivity index (χ2v) is 6.42. The van der Waals surface area contributed by atoms with Gasteiger partial charge in [-0.15, -0.1) is 0 Å². The summed E-state index contributed by atoms with van der Waals surface area (Å²) >= 11 is 0. The molecule has 1 atom stereocenters. The third-order valence-corrected chi connectivity index (χ3v) is 4.38. The predicted octanol–water partition coefficient (Wildman–Crippen LogP) is 2.63. The van der Waals surface area contributed by atoms with Gasteiger partial charge in [0.05, 0.1) is 42.7 Å². The minimum absolute atomic E-state index is 0.0190. The van der Waals surface area contributed by atoms with Crippen LogP contribution in [0.5, 0.6) is 0 Å². The summed E-state index contributed by atoms with van der Waals surface area (Å²) in [6, 6.07) is 10.1. The summed E-state index contributed by atoms with van der Waals surface area (Å²) in [6.07, 6.45) is -0.152. The van der Waals surface area contributed by atoms with Crippen LogP contribution in [0.4, 0.5) is 15.8 Å². The maximum Gasteiger partial charge on any atom is 0.337 e. The van der Waals surface area contributed by atoms with Crippen LogP contribution in [-0.2, 0) is 9.47 Å². The fourth-order valence-electron chi connectivity index (χ4n) is 3.01. The fourth-order valence-corrected chi connectivity index (χ4v) is 3.01. The van der Waals surface area contributed by atoms with E-state index in [9.17, 15) is 19.1 Å². The number of ether oxygens (including phenoxy) is 2. The summed E-state index contributed by atoms with van der Waals surface area (Å²) in [7, 11) is 1.76. The first-order valence-corrected chi connectivity index (χ1v) is 8.79. The molecule has 0 aromatic heterocycles. The molecule has 1 unspecified atom stereocenters. The number of halogens is 1. The van der Waals surface area contributed by atoms with Gasteiger partial charge in [0, 0.05) is 19.3 Å².